The first kappa shape index (κ1) is 38.7. The fourth-order valence-corrected chi connectivity index (χ4v) is 12.6. The molecule has 1 aromatic rings. The highest BCUT2D eigenvalue weighted by molar-refractivity contribution is 5.68. The second kappa shape index (κ2) is 14.4. The highest BCUT2D eigenvalue weighted by Gasteiger charge is 2.62. The number of ether oxygens (including phenoxy) is 5. The van der Waals surface area contributed by atoms with Crippen LogP contribution < -0.4 is 0 Å². The largest absolute Gasteiger partial charge is 0.456 e. The fourth-order valence-electron chi connectivity index (χ4n) is 12.6. The van der Waals surface area contributed by atoms with Crippen LogP contribution >= 0.6 is 0 Å². The number of aliphatic hydroxyl groups excluding tert-OH is 1. The molecule has 302 valence electrons. The molecular formula is C42H60N4O9. The Morgan fingerprint density at radius 3 is 2.42 bits per heavy atom. The highest BCUT2D eigenvalue weighted by Crippen LogP contribution is 2.65. The van der Waals surface area contributed by atoms with Crippen molar-refractivity contribution in [1.29, 1.82) is 0 Å². The van der Waals surface area contributed by atoms with Crippen LogP contribution in [0.3, 0.4) is 0 Å². The van der Waals surface area contributed by atoms with Gasteiger partial charge < -0.3 is 28.8 Å². The number of rotatable bonds is 6. The summed E-state index contributed by atoms with van der Waals surface area (Å²) < 4.78 is 32.0. The molecule has 2 unspecified atom stereocenters. The van der Waals surface area contributed by atoms with Crippen molar-refractivity contribution in [3.63, 3.8) is 0 Å². The Labute approximate surface area is 324 Å². The van der Waals surface area contributed by atoms with Gasteiger partial charge in [-0.3, -0.25) is 19.3 Å². The van der Waals surface area contributed by atoms with E-state index >= 15 is 0 Å². The van der Waals surface area contributed by atoms with Gasteiger partial charge in [0.1, 0.15) is 0 Å². The van der Waals surface area contributed by atoms with Gasteiger partial charge in [0.05, 0.1) is 35.8 Å². The maximum Gasteiger partial charge on any atom is 0.303 e. The molecule has 15 atom stereocenters. The zero-order valence-electron chi connectivity index (χ0n) is 33.7. The number of nitrogens with zero attached hydrogens (tertiary/aromatic N) is 4. The Hall–Kier alpha value is -3.13. The quantitative estimate of drug-likeness (QED) is 0.230. The van der Waals surface area contributed by atoms with Crippen molar-refractivity contribution >= 4 is 17.9 Å². The van der Waals surface area contributed by atoms with Crippen LogP contribution in [0.1, 0.15) is 119 Å². The van der Waals surface area contributed by atoms with E-state index in [1.54, 1.807) is 18.7 Å². The zero-order valence-corrected chi connectivity index (χ0v) is 33.7. The normalized spacial score (nSPS) is 43.9. The van der Waals surface area contributed by atoms with Crippen LogP contribution in [0.25, 0.3) is 0 Å². The van der Waals surface area contributed by atoms with Crippen molar-refractivity contribution < 1.29 is 43.2 Å². The summed E-state index contributed by atoms with van der Waals surface area (Å²) >= 11 is 0. The number of carbonyl (C=O) groups is 3. The van der Waals surface area contributed by atoms with Crippen LogP contribution in [0, 0.1) is 35.0 Å². The van der Waals surface area contributed by atoms with Crippen molar-refractivity contribution in [1.82, 2.24) is 19.9 Å². The third-order valence-electron chi connectivity index (χ3n) is 14.9. The van der Waals surface area contributed by atoms with Gasteiger partial charge in [0.2, 0.25) is 0 Å². The molecule has 13 nitrogen and oxygen atoms in total. The summed E-state index contributed by atoms with van der Waals surface area (Å²) in [5.74, 6) is 0.853. The first-order chi connectivity index (χ1) is 26.1. The zero-order chi connectivity index (χ0) is 39.1. The van der Waals surface area contributed by atoms with E-state index in [1.165, 1.54) is 43.0 Å². The summed E-state index contributed by atoms with van der Waals surface area (Å²) in [6, 6.07) is 0.209. The van der Waals surface area contributed by atoms with E-state index < -0.39 is 48.6 Å². The maximum atomic E-state index is 12.3. The van der Waals surface area contributed by atoms with Gasteiger partial charge in [0.25, 0.3) is 0 Å². The molecule has 5 fully saturated rings. The third kappa shape index (κ3) is 6.58. The van der Waals surface area contributed by atoms with Crippen LogP contribution in [-0.2, 0) is 44.6 Å². The minimum Gasteiger partial charge on any atom is -0.456 e. The lowest BCUT2D eigenvalue weighted by Crippen LogP contribution is -2.58. The van der Waals surface area contributed by atoms with Crippen molar-refractivity contribution in [3.05, 3.63) is 34.7 Å². The van der Waals surface area contributed by atoms with Crippen molar-refractivity contribution in [2.45, 2.75) is 168 Å². The molecule has 3 aliphatic heterocycles. The van der Waals surface area contributed by atoms with Gasteiger partial charge in [-0.25, -0.2) is 4.68 Å². The van der Waals surface area contributed by atoms with Gasteiger partial charge in [-0.15, -0.1) is 5.10 Å². The van der Waals surface area contributed by atoms with Gasteiger partial charge >= 0.3 is 17.9 Å². The molecule has 7 aliphatic rings. The maximum absolute atomic E-state index is 12.3. The lowest BCUT2D eigenvalue weighted by molar-refractivity contribution is -0.261. The molecule has 4 aliphatic carbocycles. The summed E-state index contributed by atoms with van der Waals surface area (Å²) in [6.07, 6.45) is 7.61. The molecule has 0 aromatic carbocycles. The average Bonchev–Trinajstić information content (AvgIpc) is 3.81. The van der Waals surface area contributed by atoms with Gasteiger partial charge in [0.15, 0.2) is 24.5 Å². The molecule has 0 amide bonds. The van der Waals surface area contributed by atoms with E-state index in [0.29, 0.717) is 30.2 Å². The van der Waals surface area contributed by atoms with Crippen LogP contribution in [0.5, 0.6) is 0 Å². The van der Waals surface area contributed by atoms with Crippen LogP contribution in [0.15, 0.2) is 29.0 Å². The molecular weight excluding hydrogens is 704 g/mol. The Bertz CT molecular complexity index is 1760. The molecule has 4 heterocycles. The molecule has 8 rings (SSSR count). The molecule has 55 heavy (non-hydrogen) atoms. The predicted molar refractivity (Wildman–Crippen MR) is 199 cm³/mol. The predicted octanol–water partition coefficient (Wildman–Crippen LogP) is 5.22. The number of aromatic nitrogens is 3. The first-order valence-corrected chi connectivity index (χ1v) is 20.7. The van der Waals surface area contributed by atoms with E-state index in [4.69, 9.17) is 23.7 Å². The van der Waals surface area contributed by atoms with Gasteiger partial charge in [-0.05, 0) is 99.9 Å². The topological polar surface area (TPSA) is 152 Å². The van der Waals surface area contributed by atoms with Crippen LogP contribution in [0.4, 0.5) is 0 Å². The number of fused-ring (bicyclic) bond motifs is 6. The minimum atomic E-state index is -1.14. The molecule has 0 radical (unpaired) electrons. The number of hydrogen-bond donors (Lipinski definition) is 1. The summed E-state index contributed by atoms with van der Waals surface area (Å²) in [5, 5.41) is 19.5. The molecule has 1 aromatic heterocycles. The summed E-state index contributed by atoms with van der Waals surface area (Å²) in [6.45, 7) is 16.5. The third-order valence-corrected chi connectivity index (χ3v) is 14.9. The number of esters is 3. The highest BCUT2D eigenvalue weighted by atomic mass is 16.7. The second-order valence-corrected chi connectivity index (χ2v) is 18.3. The van der Waals surface area contributed by atoms with E-state index in [0.717, 1.165) is 57.2 Å². The fraction of sp³-hybridized carbons (Fsp3) is 0.786. The molecule has 3 saturated heterocycles. The smallest absolute Gasteiger partial charge is 0.303 e. The SMILES string of the molecule is CC(=O)OC1[C@H](OC(C)=O)C(C)O[C@H](n2cc(CN3C[C@@H](C)C[C@H]4O[C@]5(CC[C@@H]6C(=C5C)C[C@H]5[C@H]6CC=C6C[C@@H](O)CC[C@@]65C)[C@H](C)[C@@H]43)nn2)[C@H]1OC(C)=O. The number of aliphatic hydroxyl groups is 1. The van der Waals surface area contributed by atoms with Crippen LogP contribution in [0.2, 0.25) is 0 Å². The number of piperidine rings is 1. The Morgan fingerprint density at radius 2 is 1.69 bits per heavy atom. The van der Waals surface area contributed by atoms with Crippen LogP contribution in [-0.4, -0.2) is 97.7 Å². The Kier molecular flexibility index (Phi) is 10.1. The standard InChI is InChI=1S/C42H60N4O9/c1-21-15-35-36(23(3)42(55-35)14-12-31-32-10-9-28-16-30(50)11-13-41(28,8)34(32)17-33(31)22(42)2)45(18-21)19-29-20-46(44-43-29)40-39(54-27(7)49)38(53-26(6)48)37(24(4)51-40)52-25(5)47/h9,20-21,23-24,30-32,34-40,50H,10-19H2,1-8H3/t21-,23+,24?,30-,31-,32-,34-,35+,36-,37+,38?,39-,40-,41-,42-/m0/s1. The van der Waals surface area contributed by atoms with E-state index in [2.05, 4.69) is 49.0 Å². The summed E-state index contributed by atoms with van der Waals surface area (Å²) in [7, 11) is 0. The molecule has 0 bridgehead atoms. The molecule has 1 spiro atoms. The summed E-state index contributed by atoms with van der Waals surface area (Å²) in [4.78, 5) is 39.1. The van der Waals surface area contributed by atoms with Gasteiger partial charge in [-0.1, -0.05) is 43.2 Å². The van der Waals surface area contributed by atoms with E-state index in [1.807, 2.05) is 0 Å². The molecule has 1 N–H and O–H groups in total. The molecule has 2 saturated carbocycles. The monoisotopic (exact) mass is 764 g/mol. The number of likely N-dealkylation sites (tertiary alicyclic amines) is 1. The number of allylic oxidation sites excluding steroid dienone is 2. The first-order valence-electron chi connectivity index (χ1n) is 20.7. The van der Waals surface area contributed by atoms with Gasteiger partial charge in [0, 0.05) is 45.8 Å². The average molecular weight is 765 g/mol. The Balaban J connectivity index is 1.03. The minimum absolute atomic E-state index is 0.105. The van der Waals surface area contributed by atoms with Crippen molar-refractivity contribution in [2.75, 3.05) is 6.54 Å². The van der Waals surface area contributed by atoms with E-state index in [9.17, 15) is 19.5 Å². The van der Waals surface area contributed by atoms with Gasteiger partial charge in [-0.2, -0.15) is 0 Å². The number of carbonyl (C=O) groups excluding carboxylic acids is 3. The Morgan fingerprint density at radius 1 is 0.982 bits per heavy atom. The lowest BCUT2D eigenvalue weighted by atomic mass is 9.56. The number of hydrogen-bond acceptors (Lipinski definition) is 12. The van der Waals surface area contributed by atoms with Crippen molar-refractivity contribution in [3.8, 4) is 0 Å². The second-order valence-electron chi connectivity index (χ2n) is 18.3. The summed E-state index contributed by atoms with van der Waals surface area (Å²) in [5.41, 5.74) is 5.26. The van der Waals surface area contributed by atoms with Crippen molar-refractivity contribution in [2.24, 2.45) is 35.0 Å². The van der Waals surface area contributed by atoms with E-state index in [-0.39, 0.29) is 35.2 Å². The lowest BCUT2D eigenvalue weighted by Gasteiger charge is -2.49. The molecule has 13 heteroatoms.